The normalized spacial score (nSPS) is 15.4. The fraction of sp³-hybridized carbons (Fsp3) is 0.478. The van der Waals surface area contributed by atoms with E-state index in [-0.39, 0.29) is 35.5 Å². The number of aromatic nitrogens is 2. The second-order valence-corrected chi connectivity index (χ2v) is 8.62. The number of likely N-dealkylation sites (tertiary alicyclic amines) is 1. The molecule has 1 saturated heterocycles. The average Bonchev–Trinajstić information content (AvgIpc) is 2.76. The van der Waals surface area contributed by atoms with E-state index in [1.54, 1.807) is 0 Å². The van der Waals surface area contributed by atoms with Crippen molar-refractivity contribution in [1.82, 2.24) is 14.0 Å². The van der Waals surface area contributed by atoms with Crippen LogP contribution >= 0.6 is 0 Å². The number of piperidine rings is 1. The lowest BCUT2D eigenvalue weighted by molar-refractivity contribution is 0.0805. The second-order valence-electron chi connectivity index (χ2n) is 8.62. The average molecular weight is 427 g/mol. The molecular weight excluding hydrogens is 396 g/mol. The molecule has 1 aromatic heterocycles. The Morgan fingerprint density at radius 3 is 2.29 bits per heavy atom. The summed E-state index contributed by atoms with van der Waals surface area (Å²) in [6.07, 6.45) is 1.31. The van der Waals surface area contributed by atoms with E-state index in [0.29, 0.717) is 38.0 Å². The summed E-state index contributed by atoms with van der Waals surface area (Å²) in [6.45, 7) is 5.39. The third kappa shape index (κ3) is 4.85. The topological polar surface area (TPSA) is 107 Å². The molecule has 2 N–H and O–H groups in total. The molecule has 0 bridgehead atoms. The Bertz CT molecular complexity index is 1080. The minimum absolute atomic E-state index is 0.0333. The van der Waals surface area contributed by atoms with Gasteiger partial charge in [-0.1, -0.05) is 44.2 Å². The lowest BCUT2D eigenvalue weighted by atomic mass is 9.89. The van der Waals surface area contributed by atoms with E-state index in [1.165, 1.54) is 11.6 Å². The molecule has 1 aliphatic heterocycles. The van der Waals surface area contributed by atoms with E-state index >= 15 is 0 Å². The summed E-state index contributed by atoms with van der Waals surface area (Å²) in [5.41, 5.74) is 5.49. The highest BCUT2D eigenvalue weighted by molar-refractivity contribution is 6.01. The number of carbonyl (C=O) groups is 2. The number of ketones is 2. The zero-order valence-electron chi connectivity index (χ0n) is 18.3. The van der Waals surface area contributed by atoms with Crippen LogP contribution < -0.4 is 17.0 Å². The van der Waals surface area contributed by atoms with Gasteiger partial charge in [0.25, 0.3) is 5.56 Å². The highest BCUT2D eigenvalue weighted by Crippen LogP contribution is 2.22. The first-order valence-corrected chi connectivity index (χ1v) is 10.6. The molecule has 2 aromatic rings. The Balaban J connectivity index is 1.72. The molecule has 0 radical (unpaired) electrons. The number of nitrogens with two attached hydrogens (primary N) is 1. The number of hydrogen-bond donors (Lipinski definition) is 1. The number of rotatable bonds is 7. The molecule has 166 valence electrons. The largest absolute Gasteiger partial charge is 0.384 e. The summed E-state index contributed by atoms with van der Waals surface area (Å²) in [6, 6.07) is 9.23. The highest BCUT2D eigenvalue weighted by Gasteiger charge is 2.28. The third-order valence-electron chi connectivity index (χ3n) is 5.79. The molecule has 0 amide bonds. The quantitative estimate of drug-likeness (QED) is 0.674. The van der Waals surface area contributed by atoms with Gasteiger partial charge in [-0.15, -0.1) is 0 Å². The van der Waals surface area contributed by atoms with Gasteiger partial charge in [-0.25, -0.2) is 4.79 Å². The maximum absolute atomic E-state index is 13.0. The summed E-state index contributed by atoms with van der Waals surface area (Å²) < 4.78 is 2.24. The van der Waals surface area contributed by atoms with Gasteiger partial charge < -0.3 is 5.73 Å². The van der Waals surface area contributed by atoms with Gasteiger partial charge in [-0.05, 0) is 31.8 Å². The van der Waals surface area contributed by atoms with Gasteiger partial charge in [0, 0.05) is 25.1 Å². The van der Waals surface area contributed by atoms with Crippen molar-refractivity contribution in [3.63, 3.8) is 0 Å². The van der Waals surface area contributed by atoms with Gasteiger partial charge in [0.15, 0.2) is 11.6 Å². The molecule has 8 nitrogen and oxygen atoms in total. The smallest absolute Gasteiger partial charge is 0.332 e. The predicted octanol–water partition coefficient (Wildman–Crippen LogP) is 1.56. The van der Waals surface area contributed by atoms with Crippen molar-refractivity contribution in [1.29, 1.82) is 0 Å². The highest BCUT2D eigenvalue weighted by atomic mass is 16.2. The summed E-state index contributed by atoms with van der Waals surface area (Å²) in [5.74, 6) is -0.281. The SMILES string of the molecule is CC(C)Cn1c(N)c(C(=O)CN2CCC(C(=O)c3ccccc3)CC2)c(=O)n(C)c1=O. The van der Waals surface area contributed by atoms with Gasteiger partial charge in [-0.3, -0.25) is 28.4 Å². The molecule has 1 fully saturated rings. The molecule has 1 aliphatic rings. The van der Waals surface area contributed by atoms with Crippen molar-refractivity contribution in [2.75, 3.05) is 25.4 Å². The van der Waals surface area contributed by atoms with E-state index in [0.717, 1.165) is 4.57 Å². The van der Waals surface area contributed by atoms with Crippen molar-refractivity contribution in [2.24, 2.45) is 18.9 Å². The zero-order valence-corrected chi connectivity index (χ0v) is 18.3. The Morgan fingerprint density at radius 2 is 1.71 bits per heavy atom. The van der Waals surface area contributed by atoms with Crippen molar-refractivity contribution in [3.05, 3.63) is 62.3 Å². The van der Waals surface area contributed by atoms with Crippen LogP contribution in [0.5, 0.6) is 0 Å². The molecule has 0 saturated carbocycles. The standard InChI is InChI=1S/C23H30N4O4/c1-15(2)13-27-21(24)19(22(30)25(3)23(27)31)18(28)14-26-11-9-17(10-12-26)20(29)16-7-5-4-6-8-16/h4-8,15,17H,9-14,24H2,1-3H3. The number of nitrogens with zero attached hydrogens (tertiary/aromatic N) is 3. The van der Waals surface area contributed by atoms with Crippen molar-refractivity contribution >= 4 is 17.4 Å². The van der Waals surface area contributed by atoms with Crippen molar-refractivity contribution in [3.8, 4) is 0 Å². The summed E-state index contributed by atoms with van der Waals surface area (Å²) in [4.78, 5) is 52.6. The van der Waals surface area contributed by atoms with Gasteiger partial charge in [0.2, 0.25) is 0 Å². The molecular formula is C23H30N4O4. The third-order valence-corrected chi connectivity index (χ3v) is 5.79. The first-order chi connectivity index (χ1) is 14.7. The first kappa shape index (κ1) is 22.7. The Kier molecular flexibility index (Phi) is 6.90. The molecule has 1 aromatic carbocycles. The molecule has 31 heavy (non-hydrogen) atoms. The fourth-order valence-corrected chi connectivity index (χ4v) is 4.06. The molecule has 8 heteroatoms. The maximum atomic E-state index is 13.0. The van der Waals surface area contributed by atoms with Crippen LogP contribution in [0, 0.1) is 11.8 Å². The van der Waals surface area contributed by atoms with Crippen LogP contribution in [-0.2, 0) is 13.6 Å². The van der Waals surface area contributed by atoms with Gasteiger partial charge >= 0.3 is 5.69 Å². The van der Waals surface area contributed by atoms with Crippen LogP contribution in [0.1, 0.15) is 47.4 Å². The van der Waals surface area contributed by atoms with E-state index in [1.807, 2.05) is 49.1 Å². The number of carbonyl (C=O) groups excluding carboxylic acids is 2. The van der Waals surface area contributed by atoms with Gasteiger partial charge in [0.05, 0.1) is 6.54 Å². The number of anilines is 1. The zero-order chi connectivity index (χ0) is 22.7. The molecule has 3 rings (SSSR count). The number of hydrogen-bond acceptors (Lipinski definition) is 6. The molecule has 2 heterocycles. The van der Waals surface area contributed by atoms with E-state index in [4.69, 9.17) is 5.73 Å². The van der Waals surface area contributed by atoms with Crippen molar-refractivity contribution < 1.29 is 9.59 Å². The van der Waals surface area contributed by atoms with Crippen LogP contribution in [0.15, 0.2) is 39.9 Å². The van der Waals surface area contributed by atoms with Crippen LogP contribution in [0.3, 0.4) is 0 Å². The monoisotopic (exact) mass is 426 g/mol. The van der Waals surface area contributed by atoms with Crippen molar-refractivity contribution in [2.45, 2.75) is 33.2 Å². The lowest BCUT2D eigenvalue weighted by Gasteiger charge is -2.30. The molecule has 0 atom stereocenters. The minimum Gasteiger partial charge on any atom is -0.384 e. The van der Waals surface area contributed by atoms with Crippen LogP contribution in [0.4, 0.5) is 5.82 Å². The molecule has 0 unspecified atom stereocenters. The Hall–Kier alpha value is -3.00. The summed E-state index contributed by atoms with van der Waals surface area (Å²) in [5, 5.41) is 0. The second kappa shape index (κ2) is 9.43. The fourth-order valence-electron chi connectivity index (χ4n) is 4.06. The summed E-state index contributed by atoms with van der Waals surface area (Å²) in [7, 11) is 1.36. The van der Waals surface area contributed by atoms with Gasteiger partial charge in [-0.2, -0.15) is 0 Å². The minimum atomic E-state index is -0.665. The number of benzene rings is 1. The van der Waals surface area contributed by atoms with Gasteiger partial charge in [0.1, 0.15) is 11.4 Å². The van der Waals surface area contributed by atoms with E-state index < -0.39 is 17.0 Å². The molecule has 0 aliphatic carbocycles. The van der Waals surface area contributed by atoms with E-state index in [9.17, 15) is 19.2 Å². The Labute approximate surface area is 181 Å². The number of nitrogen functional groups attached to an aromatic ring is 1. The lowest BCUT2D eigenvalue weighted by Crippen LogP contribution is -2.45. The van der Waals surface area contributed by atoms with Crippen LogP contribution in [-0.4, -0.2) is 45.2 Å². The first-order valence-electron chi connectivity index (χ1n) is 10.6. The predicted molar refractivity (Wildman–Crippen MR) is 119 cm³/mol. The molecule has 0 spiro atoms. The van der Waals surface area contributed by atoms with Crippen LogP contribution in [0.25, 0.3) is 0 Å². The van der Waals surface area contributed by atoms with Crippen LogP contribution in [0.2, 0.25) is 0 Å². The maximum Gasteiger partial charge on any atom is 0.332 e. The van der Waals surface area contributed by atoms with E-state index in [2.05, 4.69) is 0 Å². The summed E-state index contributed by atoms with van der Waals surface area (Å²) >= 11 is 0. The number of Topliss-reactive ketones (excluding diaryl/α,β-unsaturated/α-hetero) is 2. The Morgan fingerprint density at radius 1 is 1.10 bits per heavy atom.